The van der Waals surface area contributed by atoms with Crippen LogP contribution in [0.5, 0.6) is 0 Å². The van der Waals surface area contributed by atoms with Gasteiger partial charge < -0.3 is 9.67 Å². The zero-order chi connectivity index (χ0) is 15.7. The molecule has 2 aliphatic heterocycles. The fourth-order valence-electron chi connectivity index (χ4n) is 2.30. The van der Waals surface area contributed by atoms with E-state index in [2.05, 4.69) is 4.98 Å². The lowest BCUT2D eigenvalue weighted by atomic mass is 10.1. The molecule has 1 aromatic carbocycles. The number of benzene rings is 1. The van der Waals surface area contributed by atoms with E-state index in [1.807, 2.05) is 0 Å². The quantitative estimate of drug-likeness (QED) is 0.593. The number of hydrogen-bond donors (Lipinski definition) is 1. The van der Waals surface area contributed by atoms with Gasteiger partial charge >= 0.3 is 5.97 Å². The maximum Gasteiger partial charge on any atom is 0.377 e. The van der Waals surface area contributed by atoms with Crippen molar-refractivity contribution in [3.63, 3.8) is 0 Å². The molecule has 0 bridgehead atoms. The Labute approximate surface area is 125 Å². The van der Waals surface area contributed by atoms with Gasteiger partial charge in [-0.2, -0.15) is 0 Å². The summed E-state index contributed by atoms with van der Waals surface area (Å²) in [5, 5.41) is 8.82. The molecule has 0 atom stereocenters. The topological polar surface area (TPSA) is 72.2 Å². The molecule has 1 aromatic rings. The van der Waals surface area contributed by atoms with Crippen molar-refractivity contribution in [3.8, 4) is 11.4 Å². The minimum Gasteiger partial charge on any atom is -0.475 e. The zero-order valence-corrected chi connectivity index (χ0v) is 11.4. The standard InChI is InChI=1S/C16H11FN2O3/c17-11-5-3-10(4-6-11)9-19-7-1-2-12-13(8-18-15(12)19)14(20)16(21)22/h1-8H,9H2,(H,21,22). The Morgan fingerprint density at radius 3 is 2.59 bits per heavy atom. The monoisotopic (exact) mass is 298 g/mol. The number of carbonyl (C=O) groups is 2. The molecule has 110 valence electrons. The van der Waals surface area contributed by atoms with Gasteiger partial charge in [-0.25, -0.2) is 14.2 Å². The summed E-state index contributed by atoms with van der Waals surface area (Å²) >= 11 is 0. The second-order valence-corrected chi connectivity index (χ2v) is 4.81. The second kappa shape index (κ2) is 5.40. The van der Waals surface area contributed by atoms with E-state index in [1.165, 1.54) is 18.3 Å². The highest BCUT2D eigenvalue weighted by Gasteiger charge is 2.23. The molecule has 2 aliphatic rings. The van der Waals surface area contributed by atoms with Crippen molar-refractivity contribution >= 4 is 11.8 Å². The largest absolute Gasteiger partial charge is 0.475 e. The Balaban J connectivity index is 1.96. The van der Waals surface area contributed by atoms with Gasteiger partial charge in [0.15, 0.2) is 0 Å². The molecule has 5 nitrogen and oxygen atoms in total. The number of Topliss-reactive ketones (excluding diaryl/α,β-unsaturated/α-hetero) is 1. The zero-order valence-electron chi connectivity index (χ0n) is 11.4. The van der Waals surface area contributed by atoms with Crippen LogP contribution >= 0.6 is 0 Å². The molecule has 3 rings (SSSR count). The van der Waals surface area contributed by atoms with Crippen LogP contribution in [0.2, 0.25) is 0 Å². The summed E-state index contributed by atoms with van der Waals surface area (Å²) in [6.45, 7) is 0.440. The van der Waals surface area contributed by atoms with E-state index < -0.39 is 11.8 Å². The fourth-order valence-corrected chi connectivity index (χ4v) is 2.30. The van der Waals surface area contributed by atoms with Crippen molar-refractivity contribution in [2.45, 2.75) is 6.54 Å². The van der Waals surface area contributed by atoms with Gasteiger partial charge in [-0.1, -0.05) is 12.1 Å². The second-order valence-electron chi connectivity index (χ2n) is 4.81. The number of aromatic nitrogens is 2. The van der Waals surface area contributed by atoms with Crippen LogP contribution < -0.4 is 0 Å². The van der Waals surface area contributed by atoms with Crippen LogP contribution in [-0.4, -0.2) is 26.4 Å². The Kier molecular flexibility index (Phi) is 3.42. The smallest absolute Gasteiger partial charge is 0.377 e. The molecular weight excluding hydrogens is 287 g/mol. The van der Waals surface area contributed by atoms with Gasteiger partial charge in [-0.05, 0) is 29.8 Å². The van der Waals surface area contributed by atoms with Crippen LogP contribution in [0.25, 0.3) is 11.4 Å². The number of rotatable bonds is 4. The minimum absolute atomic E-state index is 0.0657. The first kappa shape index (κ1) is 13.9. The number of halogens is 1. The van der Waals surface area contributed by atoms with Crippen LogP contribution in [0.3, 0.4) is 0 Å². The highest BCUT2D eigenvalue weighted by atomic mass is 19.1. The molecule has 0 aromatic heterocycles. The Bertz CT molecular complexity index is 824. The van der Waals surface area contributed by atoms with Crippen molar-refractivity contribution < 1.29 is 19.1 Å². The van der Waals surface area contributed by atoms with Crippen LogP contribution in [0.15, 0.2) is 48.8 Å². The molecule has 2 heterocycles. The summed E-state index contributed by atoms with van der Waals surface area (Å²) < 4.78 is 14.7. The van der Waals surface area contributed by atoms with E-state index in [0.29, 0.717) is 17.9 Å². The van der Waals surface area contributed by atoms with Crippen LogP contribution in [0.4, 0.5) is 4.39 Å². The van der Waals surface area contributed by atoms with Crippen molar-refractivity contribution in [1.82, 2.24) is 9.55 Å². The SMILES string of the molecule is O=C(O)C(=O)c1cnc2n(Cc3ccc(F)cc3)cccc1-2. The third-order valence-corrected chi connectivity index (χ3v) is 3.35. The molecule has 1 N–H and O–H groups in total. The van der Waals surface area contributed by atoms with Crippen LogP contribution in [-0.2, 0) is 11.3 Å². The summed E-state index contributed by atoms with van der Waals surface area (Å²) in [5.74, 6) is -2.30. The summed E-state index contributed by atoms with van der Waals surface area (Å²) in [4.78, 5) is 26.6. The Morgan fingerprint density at radius 1 is 1.18 bits per heavy atom. The molecule has 22 heavy (non-hydrogen) atoms. The maximum atomic E-state index is 12.9. The molecule has 0 radical (unpaired) electrons. The van der Waals surface area contributed by atoms with E-state index in [4.69, 9.17) is 5.11 Å². The molecule has 6 heteroatoms. The van der Waals surface area contributed by atoms with Gasteiger partial charge in [0.2, 0.25) is 0 Å². The number of carboxylic acid groups (broad SMARTS) is 1. The van der Waals surface area contributed by atoms with Gasteiger partial charge in [-0.15, -0.1) is 0 Å². The number of aliphatic carboxylic acids is 1. The average molecular weight is 298 g/mol. The minimum atomic E-state index is -1.51. The number of ketones is 1. The first-order valence-electron chi connectivity index (χ1n) is 6.52. The van der Waals surface area contributed by atoms with Crippen molar-refractivity contribution in [3.05, 3.63) is 65.7 Å². The van der Waals surface area contributed by atoms with Crippen molar-refractivity contribution in [2.24, 2.45) is 0 Å². The molecule has 0 unspecified atom stereocenters. The number of nitrogens with zero attached hydrogens (tertiary/aromatic N) is 2. The van der Waals surface area contributed by atoms with Gasteiger partial charge in [0.05, 0.1) is 5.56 Å². The van der Waals surface area contributed by atoms with Gasteiger partial charge in [0.1, 0.15) is 11.6 Å². The molecule has 0 fully saturated rings. The van der Waals surface area contributed by atoms with Crippen LogP contribution in [0, 0.1) is 5.82 Å². The van der Waals surface area contributed by atoms with E-state index >= 15 is 0 Å². The molecule has 0 saturated carbocycles. The fraction of sp³-hybridized carbons (Fsp3) is 0.0625. The molecule has 0 amide bonds. The Morgan fingerprint density at radius 2 is 1.91 bits per heavy atom. The predicted octanol–water partition coefficient (Wildman–Crippen LogP) is 2.44. The Hall–Kier alpha value is -3.02. The molecular formula is C16H11FN2O3. The first-order valence-corrected chi connectivity index (χ1v) is 6.52. The van der Waals surface area contributed by atoms with Crippen molar-refractivity contribution in [2.75, 3.05) is 0 Å². The van der Waals surface area contributed by atoms with Gasteiger partial charge in [-0.3, -0.25) is 4.79 Å². The third kappa shape index (κ3) is 2.46. The summed E-state index contributed by atoms with van der Waals surface area (Å²) in [5.41, 5.74) is 1.42. The van der Waals surface area contributed by atoms with E-state index in [1.54, 1.807) is 35.0 Å². The summed E-state index contributed by atoms with van der Waals surface area (Å²) in [6.07, 6.45) is 3.04. The number of hydrogen-bond acceptors (Lipinski definition) is 3. The predicted molar refractivity (Wildman–Crippen MR) is 76.3 cm³/mol. The number of carbonyl (C=O) groups excluding carboxylic acids is 1. The molecule has 0 aliphatic carbocycles. The van der Waals surface area contributed by atoms with E-state index in [-0.39, 0.29) is 11.4 Å². The van der Waals surface area contributed by atoms with Gasteiger partial charge in [0.25, 0.3) is 5.78 Å². The lowest BCUT2D eigenvalue weighted by molar-refractivity contribution is -0.131. The lowest BCUT2D eigenvalue weighted by Gasteiger charge is -2.12. The molecule has 0 saturated heterocycles. The molecule has 0 spiro atoms. The summed E-state index contributed by atoms with van der Waals surface area (Å²) in [6, 6.07) is 9.42. The highest BCUT2D eigenvalue weighted by molar-refractivity contribution is 6.41. The lowest BCUT2D eigenvalue weighted by Crippen LogP contribution is -2.13. The number of carboxylic acids is 1. The number of fused-ring (bicyclic) bond motifs is 1. The van der Waals surface area contributed by atoms with E-state index in [9.17, 15) is 14.0 Å². The van der Waals surface area contributed by atoms with E-state index in [0.717, 1.165) is 5.56 Å². The normalized spacial score (nSPS) is 10.8. The average Bonchev–Trinajstić information content (AvgIpc) is 2.93. The van der Waals surface area contributed by atoms with Gasteiger partial charge in [0, 0.05) is 24.5 Å². The summed E-state index contributed by atoms with van der Waals surface area (Å²) in [7, 11) is 0. The number of pyridine rings is 1. The first-order chi connectivity index (χ1) is 10.6. The third-order valence-electron chi connectivity index (χ3n) is 3.35. The maximum absolute atomic E-state index is 12.9. The van der Waals surface area contributed by atoms with Crippen molar-refractivity contribution in [1.29, 1.82) is 0 Å². The highest BCUT2D eigenvalue weighted by Crippen LogP contribution is 2.26. The van der Waals surface area contributed by atoms with Crippen LogP contribution in [0.1, 0.15) is 15.9 Å².